The van der Waals surface area contributed by atoms with E-state index in [-0.39, 0.29) is 24.9 Å². The van der Waals surface area contributed by atoms with Gasteiger partial charge in [-0.1, -0.05) is 0 Å². The predicted molar refractivity (Wildman–Crippen MR) is 94.2 cm³/mol. The molecule has 8 nitrogen and oxygen atoms in total. The van der Waals surface area contributed by atoms with E-state index in [2.05, 4.69) is 10.6 Å². The van der Waals surface area contributed by atoms with Crippen LogP contribution in [0.3, 0.4) is 0 Å². The highest BCUT2D eigenvalue weighted by Crippen LogP contribution is 2.57. The summed E-state index contributed by atoms with van der Waals surface area (Å²) in [4.78, 5) is 10.2. The van der Waals surface area contributed by atoms with E-state index in [1.54, 1.807) is 39.2 Å². The van der Waals surface area contributed by atoms with Crippen molar-refractivity contribution >= 4 is 19.0 Å². The highest BCUT2D eigenvalue weighted by molar-refractivity contribution is 7.58. The number of nitro groups is 1. The zero-order chi connectivity index (χ0) is 18.2. The Morgan fingerprint density at radius 3 is 2.25 bits per heavy atom. The predicted octanol–water partition coefficient (Wildman–Crippen LogP) is 3.72. The van der Waals surface area contributed by atoms with Crippen molar-refractivity contribution < 1.29 is 18.5 Å². The normalized spacial score (nSPS) is 13.6. The summed E-state index contributed by atoms with van der Waals surface area (Å²) in [5.74, 6) is 0. The Bertz CT molecular complexity index is 608. The summed E-state index contributed by atoms with van der Waals surface area (Å²) in [5.41, 5.74) is 0.628. The average Bonchev–Trinajstić information content (AvgIpc) is 2.55. The molecule has 0 fully saturated rings. The number of nitrogens with one attached hydrogen (secondary N) is 2. The quantitative estimate of drug-likeness (QED) is 0.374. The number of benzene rings is 1. The maximum Gasteiger partial charge on any atom is 0.360 e. The Kier molecular flexibility index (Phi) is 8.07. The molecule has 0 bridgehead atoms. The number of non-ortho nitro benzene ring substituents is 1. The van der Waals surface area contributed by atoms with Gasteiger partial charge in [-0.15, -0.1) is 0 Å². The summed E-state index contributed by atoms with van der Waals surface area (Å²) >= 11 is 0. The molecular formula is C15H24N3O5P. The van der Waals surface area contributed by atoms with E-state index in [0.717, 1.165) is 0 Å². The smallest absolute Gasteiger partial charge is 0.360 e. The van der Waals surface area contributed by atoms with Crippen molar-refractivity contribution in [1.82, 2.24) is 5.32 Å². The average molecular weight is 357 g/mol. The topological polar surface area (TPSA) is 103 Å². The molecule has 24 heavy (non-hydrogen) atoms. The van der Waals surface area contributed by atoms with Crippen LogP contribution in [0.25, 0.3) is 0 Å². The number of rotatable bonds is 10. The Balaban J connectivity index is 3.08. The molecule has 2 N–H and O–H groups in total. The van der Waals surface area contributed by atoms with E-state index < -0.39 is 12.5 Å². The van der Waals surface area contributed by atoms with Gasteiger partial charge < -0.3 is 19.7 Å². The number of nitro benzene ring substituents is 1. The van der Waals surface area contributed by atoms with Crippen LogP contribution in [0, 0.1) is 10.1 Å². The molecule has 1 unspecified atom stereocenters. The van der Waals surface area contributed by atoms with Crippen LogP contribution in [0.1, 0.15) is 20.8 Å². The molecule has 0 amide bonds. The summed E-state index contributed by atoms with van der Waals surface area (Å²) in [6.07, 6.45) is 1.56. The Morgan fingerprint density at radius 2 is 1.83 bits per heavy atom. The van der Waals surface area contributed by atoms with Gasteiger partial charge in [0.15, 0.2) is 0 Å². The maximum atomic E-state index is 13.0. The maximum absolute atomic E-state index is 13.0. The summed E-state index contributed by atoms with van der Waals surface area (Å²) < 4.78 is 23.8. The first-order valence-electron chi connectivity index (χ1n) is 7.66. The van der Waals surface area contributed by atoms with Gasteiger partial charge in [-0.3, -0.25) is 14.7 Å². The van der Waals surface area contributed by atoms with Gasteiger partial charge in [0.25, 0.3) is 5.69 Å². The first kappa shape index (κ1) is 20.3. The molecule has 0 spiro atoms. The third kappa shape index (κ3) is 5.42. The molecule has 0 saturated heterocycles. The third-order valence-corrected chi connectivity index (χ3v) is 5.60. The summed E-state index contributed by atoms with van der Waals surface area (Å²) in [6, 6.07) is 5.68. The van der Waals surface area contributed by atoms with Crippen LogP contribution in [0.5, 0.6) is 0 Å². The third-order valence-electron chi connectivity index (χ3n) is 3.26. The van der Waals surface area contributed by atoms with Crippen molar-refractivity contribution in [2.24, 2.45) is 0 Å². The minimum absolute atomic E-state index is 0.00245. The number of anilines is 1. The molecule has 1 rings (SSSR count). The van der Waals surface area contributed by atoms with Gasteiger partial charge in [-0.25, -0.2) is 0 Å². The fourth-order valence-corrected chi connectivity index (χ4v) is 3.83. The molecule has 0 aliphatic carbocycles. The number of nitrogens with zero attached hydrogens (tertiary/aromatic N) is 1. The van der Waals surface area contributed by atoms with Crippen molar-refractivity contribution in [3.63, 3.8) is 0 Å². The van der Waals surface area contributed by atoms with Crippen molar-refractivity contribution in [2.75, 3.05) is 25.6 Å². The van der Waals surface area contributed by atoms with E-state index in [0.29, 0.717) is 11.0 Å². The Labute approximate surface area is 141 Å². The SMILES string of the molecule is CCOP(=O)(OCC)/C(=C/Nc1ccc([N+](=O)[O-])cc1)C(C)NC. The fourth-order valence-electron chi connectivity index (χ4n) is 1.95. The monoisotopic (exact) mass is 357 g/mol. The van der Waals surface area contributed by atoms with Gasteiger partial charge in [-0.2, -0.15) is 0 Å². The van der Waals surface area contributed by atoms with Crippen molar-refractivity contribution in [3.8, 4) is 0 Å². The molecule has 134 valence electrons. The molecule has 1 aromatic carbocycles. The standard InChI is InChI=1S/C15H24N3O5P/c1-5-22-24(21,23-6-2)15(12(3)16-4)11-17-13-7-9-14(10-8-13)18(19)20/h7-12,16-17H,5-6H2,1-4H3/b15-11+. The molecule has 1 aromatic rings. The highest BCUT2D eigenvalue weighted by atomic mass is 31.2. The lowest BCUT2D eigenvalue weighted by molar-refractivity contribution is -0.384. The molecule has 0 aliphatic rings. The lowest BCUT2D eigenvalue weighted by Crippen LogP contribution is -2.25. The molecule has 0 aliphatic heterocycles. The zero-order valence-electron chi connectivity index (χ0n) is 14.3. The molecule has 0 aromatic heterocycles. The largest absolute Gasteiger partial charge is 0.361 e. The lowest BCUT2D eigenvalue weighted by atomic mass is 10.3. The minimum atomic E-state index is -3.44. The number of hydrogen-bond donors (Lipinski definition) is 2. The molecule has 0 radical (unpaired) electrons. The van der Waals surface area contributed by atoms with Gasteiger partial charge in [0.05, 0.1) is 23.5 Å². The van der Waals surface area contributed by atoms with Crippen LogP contribution in [0.2, 0.25) is 0 Å². The van der Waals surface area contributed by atoms with Crippen LogP contribution in [-0.2, 0) is 13.6 Å². The minimum Gasteiger partial charge on any atom is -0.361 e. The second-order valence-electron chi connectivity index (χ2n) is 4.86. The second kappa shape index (κ2) is 9.54. The van der Waals surface area contributed by atoms with Crippen LogP contribution < -0.4 is 10.6 Å². The summed E-state index contributed by atoms with van der Waals surface area (Å²) in [5, 5.41) is 17.1. The van der Waals surface area contributed by atoms with E-state index in [1.807, 2.05) is 6.92 Å². The van der Waals surface area contributed by atoms with Crippen molar-refractivity contribution in [3.05, 3.63) is 45.9 Å². The molecular weight excluding hydrogens is 333 g/mol. The number of likely N-dealkylation sites (N-methyl/N-ethyl adjacent to an activating group) is 1. The first-order valence-corrected chi connectivity index (χ1v) is 9.20. The molecule has 0 saturated carbocycles. The number of hydrogen-bond acceptors (Lipinski definition) is 7. The fraction of sp³-hybridized carbons (Fsp3) is 0.467. The molecule has 9 heteroatoms. The van der Waals surface area contributed by atoms with Gasteiger partial charge >= 0.3 is 7.60 Å². The van der Waals surface area contributed by atoms with Crippen LogP contribution in [0.4, 0.5) is 11.4 Å². The van der Waals surface area contributed by atoms with Crippen molar-refractivity contribution in [2.45, 2.75) is 26.8 Å². The van der Waals surface area contributed by atoms with Crippen LogP contribution >= 0.6 is 7.60 Å². The summed E-state index contributed by atoms with van der Waals surface area (Å²) in [6.45, 7) is 5.84. The van der Waals surface area contributed by atoms with E-state index in [4.69, 9.17) is 9.05 Å². The Morgan fingerprint density at radius 1 is 1.29 bits per heavy atom. The zero-order valence-corrected chi connectivity index (χ0v) is 15.2. The van der Waals surface area contributed by atoms with Gasteiger partial charge in [0.2, 0.25) is 0 Å². The van der Waals surface area contributed by atoms with Gasteiger partial charge in [-0.05, 0) is 40.0 Å². The van der Waals surface area contributed by atoms with Gasteiger partial charge in [0, 0.05) is 30.1 Å². The van der Waals surface area contributed by atoms with Crippen molar-refractivity contribution in [1.29, 1.82) is 0 Å². The molecule has 0 heterocycles. The lowest BCUT2D eigenvalue weighted by Gasteiger charge is -2.24. The highest BCUT2D eigenvalue weighted by Gasteiger charge is 2.32. The summed E-state index contributed by atoms with van der Waals surface area (Å²) in [7, 11) is -1.69. The van der Waals surface area contributed by atoms with E-state index in [9.17, 15) is 14.7 Å². The first-order chi connectivity index (χ1) is 11.4. The van der Waals surface area contributed by atoms with Gasteiger partial charge in [0.1, 0.15) is 0 Å². The molecule has 1 atom stereocenters. The van der Waals surface area contributed by atoms with E-state index >= 15 is 0 Å². The Hall–Kier alpha value is -1.73. The second-order valence-corrected chi connectivity index (χ2v) is 6.89. The van der Waals surface area contributed by atoms with Crippen LogP contribution in [0.15, 0.2) is 35.8 Å². The van der Waals surface area contributed by atoms with Crippen LogP contribution in [-0.4, -0.2) is 31.2 Å². The van der Waals surface area contributed by atoms with E-state index in [1.165, 1.54) is 12.1 Å².